The summed E-state index contributed by atoms with van der Waals surface area (Å²) < 4.78 is 0. The second kappa shape index (κ2) is 10.6. The summed E-state index contributed by atoms with van der Waals surface area (Å²) in [6.45, 7) is 8.12. The second-order valence-electron chi connectivity index (χ2n) is 7.18. The van der Waals surface area contributed by atoms with E-state index in [1.165, 1.54) is 11.3 Å². The van der Waals surface area contributed by atoms with Crippen molar-refractivity contribution in [2.24, 2.45) is 5.10 Å². The van der Waals surface area contributed by atoms with Gasteiger partial charge in [-0.25, -0.2) is 0 Å². The third kappa shape index (κ3) is 5.91. The molecule has 4 nitrogen and oxygen atoms in total. The lowest BCUT2D eigenvalue weighted by Crippen LogP contribution is -2.24. The molecule has 0 amide bonds. The topological polar surface area (TPSA) is 39.7 Å². The predicted octanol–water partition coefficient (Wildman–Crippen LogP) is 5.65. The molecule has 0 aliphatic carbocycles. The first kappa shape index (κ1) is 21.5. The largest absolute Gasteiger partial charge is 0.367 e. The minimum atomic E-state index is 0.472. The zero-order valence-electron chi connectivity index (χ0n) is 17.7. The van der Waals surface area contributed by atoms with Gasteiger partial charge in [-0.2, -0.15) is 5.10 Å². The van der Waals surface area contributed by atoms with Crippen LogP contribution in [0.3, 0.4) is 0 Å². The number of benzene rings is 3. The highest BCUT2D eigenvalue weighted by molar-refractivity contribution is 7.80. The highest BCUT2D eigenvalue weighted by atomic mass is 32.1. The van der Waals surface area contributed by atoms with Gasteiger partial charge in [-0.15, -0.1) is 0 Å². The molecule has 0 unspecified atom stereocenters. The van der Waals surface area contributed by atoms with Gasteiger partial charge in [-0.1, -0.05) is 60.7 Å². The van der Waals surface area contributed by atoms with Crippen LogP contribution in [0, 0.1) is 13.8 Å². The van der Waals surface area contributed by atoms with Gasteiger partial charge < -0.3 is 10.2 Å². The zero-order chi connectivity index (χ0) is 21.3. The first-order valence-electron chi connectivity index (χ1n) is 10.1. The molecule has 0 aromatic heterocycles. The van der Waals surface area contributed by atoms with Gasteiger partial charge in [0.05, 0.1) is 6.21 Å². The highest BCUT2D eigenvalue weighted by Gasteiger charge is 2.05. The van der Waals surface area contributed by atoms with Gasteiger partial charge in [0.15, 0.2) is 5.11 Å². The maximum atomic E-state index is 5.36. The Kier molecular flexibility index (Phi) is 7.57. The first-order chi connectivity index (χ1) is 14.6. The Hall–Kier alpha value is -3.18. The number of nitrogens with zero attached hydrogens (tertiary/aromatic N) is 2. The number of rotatable bonds is 7. The van der Waals surface area contributed by atoms with E-state index in [4.69, 9.17) is 12.2 Å². The monoisotopic (exact) mass is 416 g/mol. The average Bonchev–Trinajstić information content (AvgIpc) is 2.76. The van der Waals surface area contributed by atoms with E-state index in [2.05, 4.69) is 102 Å². The highest BCUT2D eigenvalue weighted by Crippen LogP contribution is 2.19. The molecule has 2 N–H and O–H groups in total. The van der Waals surface area contributed by atoms with Crippen molar-refractivity contribution in [1.82, 2.24) is 5.43 Å². The fraction of sp³-hybridized carbons (Fsp3) is 0.200. The molecule has 3 rings (SSSR count). The van der Waals surface area contributed by atoms with Crippen LogP contribution < -0.4 is 15.6 Å². The first-order valence-corrected chi connectivity index (χ1v) is 10.5. The molecule has 0 fully saturated rings. The molecule has 3 aromatic carbocycles. The van der Waals surface area contributed by atoms with Crippen LogP contribution in [0.15, 0.2) is 77.9 Å². The molecule has 0 saturated heterocycles. The van der Waals surface area contributed by atoms with Gasteiger partial charge >= 0.3 is 0 Å². The van der Waals surface area contributed by atoms with Crippen LogP contribution in [0.5, 0.6) is 0 Å². The van der Waals surface area contributed by atoms with Crippen molar-refractivity contribution < 1.29 is 0 Å². The number of nitrogens with one attached hydrogen (secondary N) is 2. The van der Waals surface area contributed by atoms with Crippen molar-refractivity contribution in [2.75, 3.05) is 16.8 Å². The van der Waals surface area contributed by atoms with E-state index in [0.29, 0.717) is 5.11 Å². The standard InChI is InChI=1S/C25H28N4S/c1-4-29(18-22-11-6-5-7-12-22)23-15-13-21(14-16-23)17-26-28-25(30)27-24-19(2)9-8-10-20(24)3/h5-17H,4,18H2,1-3H3,(H2,27,28,30)/b26-17-. The van der Waals surface area contributed by atoms with E-state index in [9.17, 15) is 0 Å². The number of hydrogen-bond acceptors (Lipinski definition) is 3. The van der Waals surface area contributed by atoms with Crippen molar-refractivity contribution in [3.05, 3.63) is 95.1 Å². The number of aryl methyl sites for hydroxylation is 2. The van der Waals surface area contributed by atoms with Crippen LogP contribution >= 0.6 is 12.2 Å². The van der Waals surface area contributed by atoms with E-state index < -0.39 is 0 Å². The zero-order valence-corrected chi connectivity index (χ0v) is 18.5. The molecule has 154 valence electrons. The van der Waals surface area contributed by atoms with Gasteiger partial charge in [0, 0.05) is 24.5 Å². The molecule has 0 atom stereocenters. The molecule has 3 aromatic rings. The van der Waals surface area contributed by atoms with Crippen LogP contribution in [0.4, 0.5) is 11.4 Å². The van der Waals surface area contributed by atoms with Gasteiger partial charge in [-0.05, 0) is 67.4 Å². The minimum absolute atomic E-state index is 0.472. The maximum Gasteiger partial charge on any atom is 0.191 e. The summed E-state index contributed by atoms with van der Waals surface area (Å²) in [6, 6.07) is 25.0. The summed E-state index contributed by atoms with van der Waals surface area (Å²) >= 11 is 5.36. The number of thiocarbonyl (C=S) groups is 1. The summed E-state index contributed by atoms with van der Waals surface area (Å²) in [6.07, 6.45) is 1.77. The van der Waals surface area contributed by atoms with Crippen molar-refractivity contribution in [2.45, 2.75) is 27.3 Å². The molecule has 30 heavy (non-hydrogen) atoms. The molecule has 0 aliphatic heterocycles. The maximum absolute atomic E-state index is 5.36. The molecule has 0 aliphatic rings. The lowest BCUT2D eigenvalue weighted by Gasteiger charge is -2.23. The Morgan fingerprint density at radius 3 is 2.23 bits per heavy atom. The Balaban J connectivity index is 1.57. The molecular weight excluding hydrogens is 388 g/mol. The van der Waals surface area contributed by atoms with E-state index in [1.54, 1.807) is 6.21 Å². The Morgan fingerprint density at radius 2 is 1.60 bits per heavy atom. The SMILES string of the molecule is CCN(Cc1ccccc1)c1ccc(/C=N\NC(=S)Nc2c(C)cccc2C)cc1. The van der Waals surface area contributed by atoms with E-state index >= 15 is 0 Å². The van der Waals surface area contributed by atoms with Crippen molar-refractivity contribution >= 4 is 34.9 Å². The van der Waals surface area contributed by atoms with E-state index in [0.717, 1.165) is 35.5 Å². The van der Waals surface area contributed by atoms with E-state index in [-0.39, 0.29) is 0 Å². The Labute approximate surface area is 184 Å². The van der Waals surface area contributed by atoms with Crippen molar-refractivity contribution in [3.8, 4) is 0 Å². The number of hydrazone groups is 1. The lowest BCUT2D eigenvalue weighted by atomic mass is 10.1. The van der Waals surface area contributed by atoms with Crippen molar-refractivity contribution in [3.63, 3.8) is 0 Å². The molecule has 0 heterocycles. The molecule has 0 bridgehead atoms. The van der Waals surface area contributed by atoms with Gasteiger partial charge in [0.1, 0.15) is 0 Å². The fourth-order valence-corrected chi connectivity index (χ4v) is 3.43. The third-order valence-corrected chi connectivity index (χ3v) is 5.15. The number of anilines is 2. The summed E-state index contributed by atoms with van der Waals surface area (Å²) in [7, 11) is 0. The number of hydrogen-bond donors (Lipinski definition) is 2. The Morgan fingerprint density at radius 1 is 0.933 bits per heavy atom. The summed E-state index contributed by atoms with van der Waals surface area (Å²) in [4.78, 5) is 2.35. The average molecular weight is 417 g/mol. The number of para-hydroxylation sites is 1. The summed E-state index contributed by atoms with van der Waals surface area (Å²) in [5, 5.41) is 7.96. The molecular formula is C25H28N4S. The lowest BCUT2D eigenvalue weighted by molar-refractivity contribution is 0.832. The molecule has 5 heteroatoms. The van der Waals surface area contributed by atoms with E-state index in [1.807, 2.05) is 12.1 Å². The smallest absolute Gasteiger partial charge is 0.191 e. The van der Waals surface area contributed by atoms with Gasteiger partial charge in [-0.3, -0.25) is 5.43 Å². The second-order valence-corrected chi connectivity index (χ2v) is 7.59. The van der Waals surface area contributed by atoms with Crippen LogP contribution in [0.1, 0.15) is 29.2 Å². The van der Waals surface area contributed by atoms with Crippen LogP contribution in [0.2, 0.25) is 0 Å². The quantitative estimate of drug-likeness (QED) is 0.297. The van der Waals surface area contributed by atoms with Gasteiger partial charge in [0.2, 0.25) is 0 Å². The third-order valence-electron chi connectivity index (χ3n) is 4.96. The molecule has 0 radical (unpaired) electrons. The summed E-state index contributed by atoms with van der Waals surface area (Å²) in [5.41, 5.74) is 9.72. The fourth-order valence-electron chi connectivity index (χ4n) is 3.28. The Bertz CT molecular complexity index is 977. The van der Waals surface area contributed by atoms with Crippen molar-refractivity contribution in [1.29, 1.82) is 0 Å². The van der Waals surface area contributed by atoms with Crippen LogP contribution in [0.25, 0.3) is 0 Å². The summed E-state index contributed by atoms with van der Waals surface area (Å²) in [5.74, 6) is 0. The minimum Gasteiger partial charge on any atom is -0.367 e. The molecule has 0 spiro atoms. The molecule has 0 saturated carbocycles. The van der Waals surface area contributed by atoms with Gasteiger partial charge in [0.25, 0.3) is 0 Å². The normalized spacial score (nSPS) is 10.8. The van der Waals surface area contributed by atoms with Crippen LogP contribution in [-0.2, 0) is 6.54 Å². The predicted molar refractivity (Wildman–Crippen MR) is 132 cm³/mol. The van der Waals surface area contributed by atoms with Crippen LogP contribution in [-0.4, -0.2) is 17.9 Å².